The van der Waals surface area contributed by atoms with Crippen molar-refractivity contribution in [2.24, 2.45) is 0 Å². The zero-order valence-corrected chi connectivity index (χ0v) is 14.9. The van der Waals surface area contributed by atoms with Crippen molar-refractivity contribution in [3.63, 3.8) is 0 Å². The van der Waals surface area contributed by atoms with Gasteiger partial charge in [-0.25, -0.2) is 0 Å². The Bertz CT molecular complexity index is 416. The molecule has 0 aromatic rings. The molecule has 0 aliphatic heterocycles. The van der Waals surface area contributed by atoms with Crippen molar-refractivity contribution in [2.75, 3.05) is 0 Å². The van der Waals surface area contributed by atoms with Crippen LogP contribution in [-0.2, 0) is 14.9 Å². The summed E-state index contributed by atoms with van der Waals surface area (Å²) in [5, 5.41) is 7.54. The summed E-state index contributed by atoms with van der Waals surface area (Å²) in [6, 6.07) is 0. The molecule has 0 saturated heterocycles. The predicted octanol–water partition coefficient (Wildman–Crippen LogP) is 2.30. The van der Waals surface area contributed by atoms with E-state index in [4.69, 9.17) is 0 Å². The molecule has 0 aliphatic rings. The summed E-state index contributed by atoms with van der Waals surface area (Å²) in [5.41, 5.74) is 0. The minimum atomic E-state index is -4.62. The van der Waals surface area contributed by atoms with E-state index in [2.05, 4.69) is 0 Å². The van der Waals surface area contributed by atoms with Crippen LogP contribution in [0.5, 0.6) is 0 Å². The van der Waals surface area contributed by atoms with Gasteiger partial charge in [-0.3, -0.25) is 9.35 Å². The van der Waals surface area contributed by atoms with Crippen LogP contribution >= 0.6 is 0 Å². The lowest BCUT2D eigenvalue weighted by molar-refractivity contribution is -0.137. The van der Waals surface area contributed by atoms with Crippen molar-refractivity contribution in [2.45, 2.75) is 56.1 Å². The number of hydrogen-bond acceptors (Lipinski definition) is 3. The van der Waals surface area contributed by atoms with Crippen molar-refractivity contribution in [3.05, 3.63) is 0 Å². The van der Waals surface area contributed by atoms with Crippen molar-refractivity contribution in [1.82, 2.24) is 0 Å². The fourth-order valence-electron chi connectivity index (χ4n) is 2.58. The number of hydrogen-bond donors (Lipinski definition) is 2. The highest BCUT2D eigenvalue weighted by atomic mass is 32.2. The average molecular weight is 313 g/mol. The normalized spacial score (nSPS) is 16.4. The molecule has 0 heterocycles. The van der Waals surface area contributed by atoms with Gasteiger partial charge in [0.05, 0.1) is 0 Å². The van der Waals surface area contributed by atoms with E-state index in [1.54, 1.807) is 6.92 Å². The number of rotatable bonds is 5. The molecular formula is C10H24O5SSi2. The van der Waals surface area contributed by atoms with Gasteiger partial charge in [-0.05, 0) is 4.66 Å². The van der Waals surface area contributed by atoms with E-state index < -0.39 is 42.1 Å². The summed E-state index contributed by atoms with van der Waals surface area (Å²) in [5.74, 6) is -1.45. The molecule has 18 heavy (non-hydrogen) atoms. The second kappa shape index (κ2) is 4.73. The van der Waals surface area contributed by atoms with Crippen LogP contribution in [-0.4, -0.2) is 45.4 Å². The first-order valence-electron chi connectivity index (χ1n) is 5.76. The Morgan fingerprint density at radius 1 is 1.06 bits per heavy atom. The van der Waals surface area contributed by atoms with E-state index in [1.165, 1.54) is 0 Å². The first-order chi connectivity index (χ1) is 7.57. The molecule has 0 fully saturated rings. The van der Waals surface area contributed by atoms with Crippen LogP contribution in [0.4, 0.5) is 0 Å². The van der Waals surface area contributed by atoms with Gasteiger partial charge in [0.25, 0.3) is 10.1 Å². The van der Waals surface area contributed by atoms with Gasteiger partial charge in [0.2, 0.25) is 0 Å². The Labute approximate surface area is 111 Å². The van der Waals surface area contributed by atoms with E-state index in [0.29, 0.717) is 0 Å². The minimum Gasteiger partial charge on any atom is -0.480 e. The van der Waals surface area contributed by atoms with E-state index in [9.17, 15) is 22.9 Å². The molecule has 2 N–H and O–H groups in total. The van der Waals surface area contributed by atoms with Crippen LogP contribution in [0.25, 0.3) is 0 Å². The summed E-state index contributed by atoms with van der Waals surface area (Å²) in [7, 11) is -8.90. The van der Waals surface area contributed by atoms with Gasteiger partial charge >= 0.3 is 5.97 Å². The van der Waals surface area contributed by atoms with Crippen LogP contribution in [0.15, 0.2) is 0 Å². The molecule has 0 rings (SSSR count). The molecule has 0 radical (unpaired) electrons. The van der Waals surface area contributed by atoms with Gasteiger partial charge in [0, 0.05) is 16.1 Å². The molecule has 5 nitrogen and oxygen atoms in total. The topological polar surface area (TPSA) is 91.7 Å². The van der Waals surface area contributed by atoms with Crippen LogP contribution in [0.1, 0.15) is 6.92 Å². The smallest absolute Gasteiger partial charge is 0.324 e. The van der Waals surface area contributed by atoms with Gasteiger partial charge in [0.15, 0.2) is 5.25 Å². The maximum absolute atomic E-state index is 11.5. The Balaban J connectivity index is 6.29. The van der Waals surface area contributed by atoms with Gasteiger partial charge in [-0.15, -0.1) is 0 Å². The zero-order chi connectivity index (χ0) is 15.2. The second-order valence-corrected chi connectivity index (χ2v) is 20.0. The van der Waals surface area contributed by atoms with E-state index in [0.717, 1.165) is 0 Å². The van der Waals surface area contributed by atoms with Gasteiger partial charge < -0.3 is 5.11 Å². The quantitative estimate of drug-likeness (QED) is 0.600. The highest BCUT2D eigenvalue weighted by molar-refractivity contribution is 7.87. The molecule has 8 heteroatoms. The van der Waals surface area contributed by atoms with Crippen molar-refractivity contribution >= 4 is 32.2 Å². The largest absolute Gasteiger partial charge is 0.480 e. The lowest BCUT2D eigenvalue weighted by Gasteiger charge is -2.51. The number of carbonyl (C=O) groups is 1. The van der Waals surface area contributed by atoms with Crippen molar-refractivity contribution < 1.29 is 22.9 Å². The van der Waals surface area contributed by atoms with Crippen molar-refractivity contribution in [3.8, 4) is 0 Å². The molecule has 0 spiro atoms. The SMILES string of the molecule is CC(C(C(=O)O)S(=O)(=O)O)([Si](C)(C)C)[Si](C)(C)C. The van der Waals surface area contributed by atoms with Crippen molar-refractivity contribution in [1.29, 1.82) is 0 Å². The standard InChI is InChI=1S/C10H24O5SSi2/c1-10(17(2,3)4,18(5,6)7)8(9(11)12)16(13,14)15/h8H,1-7H3,(H,11,12)(H,13,14,15). The van der Waals surface area contributed by atoms with E-state index in [1.807, 2.05) is 39.3 Å². The van der Waals surface area contributed by atoms with E-state index >= 15 is 0 Å². The average Bonchev–Trinajstić information content (AvgIpc) is 1.95. The highest BCUT2D eigenvalue weighted by Gasteiger charge is 2.60. The Morgan fingerprint density at radius 3 is 1.39 bits per heavy atom. The van der Waals surface area contributed by atoms with Gasteiger partial charge in [0.1, 0.15) is 0 Å². The Morgan fingerprint density at radius 2 is 1.33 bits per heavy atom. The molecule has 0 saturated carbocycles. The molecule has 0 aromatic heterocycles. The first kappa shape index (κ1) is 17.8. The third-order valence-electron chi connectivity index (χ3n) is 4.16. The summed E-state index contributed by atoms with van der Waals surface area (Å²) >= 11 is 0. The maximum Gasteiger partial charge on any atom is 0.324 e. The highest BCUT2D eigenvalue weighted by Crippen LogP contribution is 2.51. The van der Waals surface area contributed by atoms with Crippen LogP contribution < -0.4 is 0 Å². The third kappa shape index (κ3) is 3.04. The van der Waals surface area contributed by atoms with Gasteiger partial charge in [-0.2, -0.15) is 8.42 Å². The lowest BCUT2D eigenvalue weighted by atomic mass is 10.3. The van der Waals surface area contributed by atoms with Crippen LogP contribution in [0, 0.1) is 0 Å². The summed E-state index contributed by atoms with van der Waals surface area (Å²) in [6.07, 6.45) is 0. The number of carboxylic acid groups (broad SMARTS) is 1. The Kier molecular flexibility index (Phi) is 4.68. The zero-order valence-electron chi connectivity index (χ0n) is 12.1. The third-order valence-corrected chi connectivity index (χ3v) is 17.2. The molecule has 0 bridgehead atoms. The Hall–Kier alpha value is -0.186. The molecule has 1 atom stereocenters. The molecule has 0 amide bonds. The predicted molar refractivity (Wildman–Crippen MR) is 78.0 cm³/mol. The number of carboxylic acids is 1. The number of aliphatic carboxylic acids is 1. The summed E-state index contributed by atoms with van der Waals surface area (Å²) in [6.45, 7) is 13.4. The molecule has 108 valence electrons. The monoisotopic (exact) mass is 312 g/mol. The first-order valence-corrected chi connectivity index (χ1v) is 14.3. The van der Waals surface area contributed by atoms with Gasteiger partial charge in [-0.1, -0.05) is 46.2 Å². The summed E-state index contributed by atoms with van der Waals surface area (Å²) < 4.78 is 31.5. The lowest BCUT2D eigenvalue weighted by Crippen LogP contribution is -2.62. The molecule has 0 aromatic carbocycles. The molecule has 0 aliphatic carbocycles. The van der Waals surface area contributed by atoms with Crippen LogP contribution in [0.2, 0.25) is 43.9 Å². The minimum absolute atomic E-state index is 0.862. The summed E-state index contributed by atoms with van der Waals surface area (Å²) in [4.78, 5) is 11.4. The fraction of sp³-hybridized carbons (Fsp3) is 0.900. The molecular weight excluding hydrogens is 288 g/mol. The molecule has 1 unspecified atom stereocenters. The fourth-order valence-corrected chi connectivity index (χ4v) is 17.3. The second-order valence-electron chi connectivity index (χ2n) is 6.94. The van der Waals surface area contributed by atoms with Crippen LogP contribution in [0.3, 0.4) is 0 Å². The van der Waals surface area contributed by atoms with E-state index in [-0.39, 0.29) is 0 Å². The maximum atomic E-state index is 11.5.